The van der Waals surface area contributed by atoms with Crippen molar-refractivity contribution in [1.29, 1.82) is 0 Å². The lowest BCUT2D eigenvalue weighted by atomic mass is 10.1. The number of nitrogens with zero attached hydrogens (tertiary/aromatic N) is 2. The van der Waals surface area contributed by atoms with E-state index in [1.54, 1.807) is 18.0 Å². The molecule has 1 N–H and O–H groups in total. The lowest BCUT2D eigenvalue weighted by molar-refractivity contribution is 0.199. The van der Waals surface area contributed by atoms with E-state index in [0.29, 0.717) is 5.92 Å². The van der Waals surface area contributed by atoms with Crippen molar-refractivity contribution in [2.45, 2.75) is 0 Å². The van der Waals surface area contributed by atoms with Gasteiger partial charge in [0.05, 0.1) is 26.1 Å². The molecular formula is C14H17N3O2. The molecular weight excluding hydrogens is 242 g/mol. The molecule has 1 aromatic carbocycles. The van der Waals surface area contributed by atoms with E-state index in [1.165, 1.54) is 0 Å². The van der Waals surface area contributed by atoms with Crippen LogP contribution in [0.15, 0.2) is 36.7 Å². The summed E-state index contributed by atoms with van der Waals surface area (Å²) < 4.78 is 12.8. The van der Waals surface area contributed by atoms with Crippen LogP contribution in [0.5, 0.6) is 11.5 Å². The molecule has 0 bridgehead atoms. The highest BCUT2D eigenvalue weighted by Crippen LogP contribution is 2.23. The Kier molecular flexibility index (Phi) is 3.37. The van der Waals surface area contributed by atoms with Crippen LogP contribution in [-0.4, -0.2) is 36.6 Å². The number of nitrogens with one attached hydrogen (secondary N) is 1. The minimum absolute atomic E-state index is 0.620. The van der Waals surface area contributed by atoms with Gasteiger partial charge in [-0.2, -0.15) is 5.10 Å². The second kappa shape index (κ2) is 5.32. The molecule has 0 aliphatic carbocycles. The first-order chi connectivity index (χ1) is 9.36. The third kappa shape index (κ3) is 2.56. The molecule has 5 nitrogen and oxygen atoms in total. The summed E-state index contributed by atoms with van der Waals surface area (Å²) in [6.07, 6.45) is 3.61. The summed E-state index contributed by atoms with van der Waals surface area (Å²) in [6.45, 7) is 2.83. The van der Waals surface area contributed by atoms with E-state index in [2.05, 4.69) is 10.4 Å². The Balaban J connectivity index is 1.72. The highest BCUT2D eigenvalue weighted by molar-refractivity contribution is 5.46. The SMILES string of the molecule is COc1ccccc1-n1cc(OCC2CNC2)cn1. The van der Waals surface area contributed by atoms with Crippen molar-refractivity contribution in [2.24, 2.45) is 5.92 Å². The maximum Gasteiger partial charge on any atom is 0.157 e. The molecule has 1 aliphatic heterocycles. The van der Waals surface area contributed by atoms with Crippen molar-refractivity contribution < 1.29 is 9.47 Å². The van der Waals surface area contributed by atoms with Crippen molar-refractivity contribution in [1.82, 2.24) is 15.1 Å². The fourth-order valence-corrected chi connectivity index (χ4v) is 2.01. The van der Waals surface area contributed by atoms with E-state index in [-0.39, 0.29) is 0 Å². The number of para-hydroxylation sites is 2. The van der Waals surface area contributed by atoms with Crippen molar-refractivity contribution in [3.8, 4) is 17.2 Å². The zero-order chi connectivity index (χ0) is 13.1. The number of aromatic nitrogens is 2. The molecule has 1 fully saturated rings. The Morgan fingerprint density at radius 2 is 2.21 bits per heavy atom. The van der Waals surface area contributed by atoms with Crippen molar-refractivity contribution >= 4 is 0 Å². The van der Waals surface area contributed by atoms with Gasteiger partial charge < -0.3 is 14.8 Å². The summed E-state index contributed by atoms with van der Waals surface area (Å²) in [6, 6.07) is 7.77. The molecule has 3 rings (SSSR count). The van der Waals surface area contributed by atoms with Gasteiger partial charge in [0.15, 0.2) is 5.75 Å². The number of rotatable bonds is 5. The van der Waals surface area contributed by atoms with Crippen LogP contribution < -0.4 is 14.8 Å². The molecule has 5 heteroatoms. The zero-order valence-corrected chi connectivity index (χ0v) is 10.9. The van der Waals surface area contributed by atoms with Gasteiger partial charge in [-0.05, 0) is 12.1 Å². The molecule has 0 radical (unpaired) electrons. The van der Waals surface area contributed by atoms with E-state index in [0.717, 1.165) is 36.9 Å². The molecule has 2 aromatic rings. The average molecular weight is 259 g/mol. The molecule has 0 unspecified atom stereocenters. The Labute approximate surface area is 112 Å². The van der Waals surface area contributed by atoms with E-state index < -0.39 is 0 Å². The van der Waals surface area contributed by atoms with Crippen LogP contribution in [0.4, 0.5) is 0 Å². The summed E-state index contributed by atoms with van der Waals surface area (Å²) in [4.78, 5) is 0. The van der Waals surface area contributed by atoms with Crippen LogP contribution in [0, 0.1) is 5.92 Å². The van der Waals surface area contributed by atoms with Gasteiger partial charge >= 0.3 is 0 Å². The number of ether oxygens (including phenoxy) is 2. The monoisotopic (exact) mass is 259 g/mol. The van der Waals surface area contributed by atoms with Gasteiger partial charge in [-0.3, -0.25) is 0 Å². The maximum atomic E-state index is 5.72. The van der Waals surface area contributed by atoms with E-state index in [1.807, 2.05) is 30.5 Å². The first-order valence-electron chi connectivity index (χ1n) is 6.38. The molecule has 0 atom stereocenters. The summed E-state index contributed by atoms with van der Waals surface area (Å²) in [7, 11) is 1.66. The van der Waals surface area contributed by atoms with E-state index in [9.17, 15) is 0 Å². The van der Waals surface area contributed by atoms with Crippen LogP contribution in [-0.2, 0) is 0 Å². The molecule has 1 aliphatic rings. The number of hydrogen-bond acceptors (Lipinski definition) is 4. The topological polar surface area (TPSA) is 48.3 Å². The smallest absolute Gasteiger partial charge is 0.157 e. The molecule has 1 saturated heterocycles. The normalized spacial score (nSPS) is 15.0. The lowest BCUT2D eigenvalue weighted by Gasteiger charge is -2.26. The van der Waals surface area contributed by atoms with Crippen LogP contribution in [0.2, 0.25) is 0 Å². The van der Waals surface area contributed by atoms with Gasteiger partial charge in [0.2, 0.25) is 0 Å². The third-order valence-electron chi connectivity index (χ3n) is 3.24. The molecule has 0 spiro atoms. The van der Waals surface area contributed by atoms with Gasteiger partial charge in [0.25, 0.3) is 0 Å². The summed E-state index contributed by atoms with van der Waals surface area (Å²) in [5.41, 5.74) is 0.908. The zero-order valence-electron chi connectivity index (χ0n) is 10.9. The minimum atomic E-state index is 0.620. The van der Waals surface area contributed by atoms with Gasteiger partial charge in [-0.15, -0.1) is 0 Å². The van der Waals surface area contributed by atoms with Gasteiger partial charge in [-0.25, -0.2) is 4.68 Å². The highest BCUT2D eigenvalue weighted by atomic mass is 16.5. The number of benzene rings is 1. The highest BCUT2D eigenvalue weighted by Gasteiger charge is 2.17. The molecule has 0 saturated carbocycles. The lowest BCUT2D eigenvalue weighted by Crippen LogP contribution is -2.45. The van der Waals surface area contributed by atoms with Crippen LogP contribution in [0.1, 0.15) is 0 Å². The number of hydrogen-bond donors (Lipinski definition) is 1. The summed E-state index contributed by atoms with van der Waals surface area (Å²) >= 11 is 0. The van der Waals surface area contributed by atoms with Gasteiger partial charge in [0.1, 0.15) is 11.4 Å². The molecule has 2 heterocycles. The fraction of sp³-hybridized carbons (Fsp3) is 0.357. The van der Waals surface area contributed by atoms with Crippen LogP contribution >= 0.6 is 0 Å². The summed E-state index contributed by atoms with van der Waals surface area (Å²) in [5, 5.41) is 7.54. The molecule has 19 heavy (non-hydrogen) atoms. The number of methoxy groups -OCH3 is 1. The first-order valence-corrected chi connectivity index (χ1v) is 6.38. The van der Waals surface area contributed by atoms with Crippen molar-refractivity contribution in [3.63, 3.8) is 0 Å². The molecule has 1 aromatic heterocycles. The predicted molar refractivity (Wildman–Crippen MR) is 72.0 cm³/mol. The quantitative estimate of drug-likeness (QED) is 0.883. The maximum absolute atomic E-state index is 5.72. The third-order valence-corrected chi connectivity index (χ3v) is 3.24. The van der Waals surface area contributed by atoms with E-state index >= 15 is 0 Å². The van der Waals surface area contributed by atoms with Crippen LogP contribution in [0.3, 0.4) is 0 Å². The fourth-order valence-electron chi connectivity index (χ4n) is 2.01. The van der Waals surface area contributed by atoms with Crippen LogP contribution in [0.25, 0.3) is 5.69 Å². The average Bonchev–Trinajstić information content (AvgIpc) is 2.85. The largest absolute Gasteiger partial charge is 0.494 e. The summed E-state index contributed by atoms with van der Waals surface area (Å²) in [5.74, 6) is 2.20. The second-order valence-electron chi connectivity index (χ2n) is 4.63. The van der Waals surface area contributed by atoms with Gasteiger partial charge in [0, 0.05) is 19.0 Å². The Hall–Kier alpha value is -2.01. The van der Waals surface area contributed by atoms with Crippen molar-refractivity contribution in [3.05, 3.63) is 36.7 Å². The Morgan fingerprint density at radius 3 is 2.95 bits per heavy atom. The minimum Gasteiger partial charge on any atom is -0.494 e. The predicted octanol–water partition coefficient (Wildman–Crippen LogP) is 1.48. The molecule has 0 amide bonds. The van der Waals surface area contributed by atoms with Gasteiger partial charge in [-0.1, -0.05) is 12.1 Å². The Bertz CT molecular complexity index is 549. The van der Waals surface area contributed by atoms with E-state index in [4.69, 9.17) is 9.47 Å². The standard InChI is InChI=1S/C14H17N3O2/c1-18-14-5-3-2-4-13(14)17-9-12(8-16-17)19-10-11-6-15-7-11/h2-5,8-9,11,15H,6-7,10H2,1H3. The van der Waals surface area contributed by atoms with Crippen molar-refractivity contribution in [2.75, 3.05) is 26.8 Å². The second-order valence-corrected chi connectivity index (χ2v) is 4.63. The first kappa shape index (κ1) is 12.0. The Morgan fingerprint density at radius 1 is 1.37 bits per heavy atom. The molecule has 100 valence electrons.